The maximum Gasteiger partial charge on any atom is 0.319 e. The van der Waals surface area contributed by atoms with Gasteiger partial charge in [-0.25, -0.2) is 4.79 Å². The highest BCUT2D eigenvalue weighted by molar-refractivity contribution is 5.89. The molecule has 0 aliphatic heterocycles. The Morgan fingerprint density at radius 3 is 2.48 bits per heavy atom. The van der Waals surface area contributed by atoms with Gasteiger partial charge in [-0.15, -0.1) is 0 Å². The van der Waals surface area contributed by atoms with Gasteiger partial charge in [-0.3, -0.25) is 10.1 Å². The molecule has 1 aromatic carbocycles. The van der Waals surface area contributed by atoms with E-state index in [9.17, 15) is 14.9 Å². The molecule has 0 unspecified atom stereocenters. The number of carbonyl (C=O) groups excluding carboxylic acids is 1. The zero-order chi connectivity index (χ0) is 16.5. The number of amides is 2. The second kappa shape index (κ2) is 9.12. The Kier molecular flexibility index (Phi) is 6.84. The Balaban J connectivity index is 1.58. The van der Waals surface area contributed by atoms with Crippen LogP contribution in [0.1, 0.15) is 51.4 Å². The highest BCUT2D eigenvalue weighted by atomic mass is 16.6. The summed E-state index contributed by atoms with van der Waals surface area (Å²) in [6, 6.07) is 5.54. The number of hydrogen-bond acceptors (Lipinski definition) is 3. The first-order valence-electron chi connectivity index (χ1n) is 8.44. The quantitative estimate of drug-likeness (QED) is 0.442. The van der Waals surface area contributed by atoms with Gasteiger partial charge in [0, 0.05) is 24.4 Å². The first-order valence-corrected chi connectivity index (χ1v) is 8.44. The third-order valence-corrected chi connectivity index (χ3v) is 4.39. The third kappa shape index (κ3) is 6.26. The second-order valence-corrected chi connectivity index (χ2v) is 6.18. The largest absolute Gasteiger partial charge is 0.338 e. The molecule has 2 N–H and O–H groups in total. The van der Waals surface area contributed by atoms with Crippen LogP contribution < -0.4 is 10.6 Å². The van der Waals surface area contributed by atoms with Crippen LogP contribution in [0.3, 0.4) is 0 Å². The lowest BCUT2D eigenvalue weighted by Gasteiger charge is -2.21. The molecule has 0 spiro atoms. The maximum absolute atomic E-state index is 11.7. The molecule has 23 heavy (non-hydrogen) atoms. The lowest BCUT2D eigenvalue weighted by atomic mass is 9.86. The summed E-state index contributed by atoms with van der Waals surface area (Å²) in [5.41, 5.74) is 0.564. The zero-order valence-electron chi connectivity index (χ0n) is 13.4. The molecule has 126 valence electrons. The smallest absolute Gasteiger partial charge is 0.319 e. The first kappa shape index (κ1) is 17.2. The van der Waals surface area contributed by atoms with E-state index in [2.05, 4.69) is 10.6 Å². The highest BCUT2D eigenvalue weighted by Crippen LogP contribution is 2.27. The summed E-state index contributed by atoms with van der Waals surface area (Å²) in [5, 5.41) is 16.1. The van der Waals surface area contributed by atoms with Crippen molar-refractivity contribution in [1.82, 2.24) is 5.32 Å². The van der Waals surface area contributed by atoms with Crippen molar-refractivity contribution in [3.63, 3.8) is 0 Å². The van der Waals surface area contributed by atoms with Gasteiger partial charge in [-0.2, -0.15) is 0 Å². The number of rotatable bonds is 7. The molecule has 2 amide bonds. The van der Waals surface area contributed by atoms with Gasteiger partial charge in [0.15, 0.2) is 0 Å². The normalized spacial score (nSPS) is 15.1. The molecule has 0 saturated heterocycles. The predicted octanol–water partition coefficient (Wildman–Crippen LogP) is 4.47. The summed E-state index contributed by atoms with van der Waals surface area (Å²) in [5.74, 6) is 0.887. The van der Waals surface area contributed by atoms with Gasteiger partial charge in [-0.1, -0.05) is 44.9 Å². The molecule has 0 radical (unpaired) electrons. The molecule has 6 heteroatoms. The van der Waals surface area contributed by atoms with E-state index in [0.717, 1.165) is 18.8 Å². The second-order valence-electron chi connectivity index (χ2n) is 6.18. The van der Waals surface area contributed by atoms with Gasteiger partial charge in [0.2, 0.25) is 0 Å². The first-order chi connectivity index (χ1) is 11.1. The molecule has 2 rings (SSSR count). The van der Waals surface area contributed by atoms with Crippen molar-refractivity contribution in [2.75, 3.05) is 11.9 Å². The zero-order valence-corrected chi connectivity index (χ0v) is 13.4. The van der Waals surface area contributed by atoms with E-state index in [-0.39, 0.29) is 11.7 Å². The number of hydrogen-bond donors (Lipinski definition) is 2. The Labute approximate surface area is 136 Å². The maximum atomic E-state index is 11.7. The summed E-state index contributed by atoms with van der Waals surface area (Å²) >= 11 is 0. The molecule has 1 aliphatic carbocycles. The van der Waals surface area contributed by atoms with Crippen LogP contribution in [0, 0.1) is 16.0 Å². The topological polar surface area (TPSA) is 84.3 Å². The minimum absolute atomic E-state index is 0.0127. The molecule has 1 fully saturated rings. The number of anilines is 1. The Morgan fingerprint density at radius 1 is 1.13 bits per heavy atom. The molecule has 0 bridgehead atoms. The summed E-state index contributed by atoms with van der Waals surface area (Å²) in [6.45, 7) is 0.658. The molecule has 0 atom stereocenters. The average molecular weight is 319 g/mol. The van der Waals surface area contributed by atoms with Crippen LogP contribution in [0.25, 0.3) is 0 Å². The van der Waals surface area contributed by atoms with Crippen LogP contribution in [0.2, 0.25) is 0 Å². The number of carbonyl (C=O) groups is 1. The Hall–Kier alpha value is -2.11. The standard InChI is InChI=1S/C17H25N3O3/c21-17(19-15-9-11-16(12-10-15)20(22)23)18-13-5-4-8-14-6-2-1-3-7-14/h9-12,14H,1-8,13H2,(H2,18,19,21). The van der Waals surface area contributed by atoms with E-state index in [1.165, 1.54) is 62.8 Å². The summed E-state index contributed by atoms with van der Waals surface area (Å²) in [4.78, 5) is 21.8. The fraction of sp³-hybridized carbons (Fsp3) is 0.588. The summed E-state index contributed by atoms with van der Waals surface area (Å²) in [7, 11) is 0. The van der Waals surface area contributed by atoms with Gasteiger partial charge < -0.3 is 10.6 Å². The molecule has 6 nitrogen and oxygen atoms in total. The predicted molar refractivity (Wildman–Crippen MR) is 90.5 cm³/mol. The molecular weight excluding hydrogens is 294 g/mol. The minimum Gasteiger partial charge on any atom is -0.338 e. The minimum atomic E-state index is -0.462. The number of nitro benzene ring substituents is 1. The van der Waals surface area contributed by atoms with Crippen LogP contribution in [-0.2, 0) is 0 Å². The molecule has 0 heterocycles. The van der Waals surface area contributed by atoms with Crippen LogP contribution >= 0.6 is 0 Å². The van der Waals surface area contributed by atoms with Crippen molar-refractivity contribution in [2.24, 2.45) is 5.92 Å². The molecule has 0 aromatic heterocycles. The summed E-state index contributed by atoms with van der Waals surface area (Å²) < 4.78 is 0. The van der Waals surface area contributed by atoms with E-state index in [0.29, 0.717) is 12.2 Å². The van der Waals surface area contributed by atoms with Crippen LogP contribution in [-0.4, -0.2) is 17.5 Å². The van der Waals surface area contributed by atoms with Gasteiger partial charge in [-0.05, 0) is 24.5 Å². The Bertz CT molecular complexity index is 510. The van der Waals surface area contributed by atoms with Gasteiger partial charge in [0.1, 0.15) is 0 Å². The number of nitro groups is 1. The van der Waals surface area contributed by atoms with Crippen LogP contribution in [0.4, 0.5) is 16.2 Å². The van der Waals surface area contributed by atoms with E-state index >= 15 is 0 Å². The number of nitrogens with one attached hydrogen (secondary N) is 2. The van der Waals surface area contributed by atoms with Crippen molar-refractivity contribution >= 4 is 17.4 Å². The highest BCUT2D eigenvalue weighted by Gasteiger charge is 2.12. The van der Waals surface area contributed by atoms with Crippen molar-refractivity contribution in [2.45, 2.75) is 51.4 Å². The van der Waals surface area contributed by atoms with E-state index in [1.54, 1.807) is 0 Å². The average Bonchev–Trinajstić information content (AvgIpc) is 2.56. The number of urea groups is 1. The van der Waals surface area contributed by atoms with Crippen molar-refractivity contribution in [1.29, 1.82) is 0 Å². The molecular formula is C17H25N3O3. The Morgan fingerprint density at radius 2 is 1.83 bits per heavy atom. The lowest BCUT2D eigenvalue weighted by Crippen LogP contribution is -2.29. The number of nitrogens with zero attached hydrogens (tertiary/aromatic N) is 1. The van der Waals surface area contributed by atoms with E-state index in [1.807, 2.05) is 0 Å². The van der Waals surface area contributed by atoms with Crippen molar-refractivity contribution < 1.29 is 9.72 Å². The fourth-order valence-corrected chi connectivity index (χ4v) is 3.08. The molecule has 1 aromatic rings. The van der Waals surface area contributed by atoms with Crippen LogP contribution in [0.15, 0.2) is 24.3 Å². The number of unbranched alkanes of at least 4 members (excludes halogenated alkanes) is 1. The fourth-order valence-electron chi connectivity index (χ4n) is 3.08. The molecule has 1 aliphatic rings. The SMILES string of the molecule is O=C(NCCCCC1CCCCC1)Nc1ccc([N+](=O)[O-])cc1. The van der Waals surface area contributed by atoms with Crippen molar-refractivity contribution in [3.8, 4) is 0 Å². The van der Waals surface area contributed by atoms with Crippen molar-refractivity contribution in [3.05, 3.63) is 34.4 Å². The summed E-state index contributed by atoms with van der Waals surface area (Å²) in [6.07, 6.45) is 10.3. The number of benzene rings is 1. The van der Waals surface area contributed by atoms with E-state index < -0.39 is 4.92 Å². The lowest BCUT2D eigenvalue weighted by molar-refractivity contribution is -0.384. The monoisotopic (exact) mass is 319 g/mol. The van der Waals surface area contributed by atoms with Crippen LogP contribution in [0.5, 0.6) is 0 Å². The number of non-ortho nitro benzene ring substituents is 1. The van der Waals surface area contributed by atoms with Gasteiger partial charge in [0.05, 0.1) is 4.92 Å². The third-order valence-electron chi connectivity index (χ3n) is 4.39. The van der Waals surface area contributed by atoms with Gasteiger partial charge >= 0.3 is 6.03 Å². The van der Waals surface area contributed by atoms with E-state index in [4.69, 9.17) is 0 Å². The van der Waals surface area contributed by atoms with Gasteiger partial charge in [0.25, 0.3) is 5.69 Å². The molecule has 1 saturated carbocycles.